The van der Waals surface area contributed by atoms with E-state index in [9.17, 15) is 13.2 Å². The first kappa shape index (κ1) is 14.2. The van der Waals surface area contributed by atoms with E-state index in [1.807, 2.05) is 0 Å². The number of hydrogen-bond acceptors (Lipinski definition) is 3. The Bertz CT molecular complexity index is 505. The summed E-state index contributed by atoms with van der Waals surface area (Å²) in [6.45, 7) is 2.78. The molecular formula is C14H17F3N2S. The number of rotatable bonds is 4. The highest BCUT2D eigenvalue weighted by atomic mass is 32.1. The molecule has 0 N–H and O–H groups in total. The zero-order valence-corrected chi connectivity index (χ0v) is 11.9. The summed E-state index contributed by atoms with van der Waals surface area (Å²) in [7, 11) is 0. The molecule has 110 valence electrons. The van der Waals surface area contributed by atoms with Crippen LogP contribution in [0.25, 0.3) is 0 Å². The second kappa shape index (κ2) is 4.91. The van der Waals surface area contributed by atoms with E-state index in [1.165, 1.54) is 6.07 Å². The van der Waals surface area contributed by atoms with Crippen LogP contribution in [-0.4, -0.2) is 35.3 Å². The maximum atomic E-state index is 12.8. The van der Waals surface area contributed by atoms with Crippen LogP contribution in [0.15, 0.2) is 18.2 Å². The predicted molar refractivity (Wildman–Crippen MR) is 73.9 cm³/mol. The predicted octanol–water partition coefficient (Wildman–Crippen LogP) is 2.99. The Labute approximate surface area is 121 Å². The molecule has 0 amide bonds. The summed E-state index contributed by atoms with van der Waals surface area (Å²) in [4.78, 5) is 6.21. The van der Waals surface area contributed by atoms with Crippen molar-refractivity contribution in [2.45, 2.75) is 24.4 Å². The first-order valence-electron chi connectivity index (χ1n) is 6.84. The third-order valence-corrected chi connectivity index (χ3v) is 4.71. The SMILES string of the molecule is FC(F)(F)c1cccc([C@@]23C[C@@H]2CN(CCCS)C3)n1. The van der Waals surface area contributed by atoms with Gasteiger partial charge in [0.15, 0.2) is 0 Å². The summed E-state index contributed by atoms with van der Waals surface area (Å²) < 4.78 is 38.3. The summed E-state index contributed by atoms with van der Waals surface area (Å²) in [5.74, 6) is 1.31. The number of piperidine rings is 1. The fourth-order valence-corrected chi connectivity index (χ4v) is 3.46. The lowest BCUT2D eigenvalue weighted by Crippen LogP contribution is -2.28. The molecule has 1 aromatic rings. The Morgan fingerprint density at radius 3 is 2.90 bits per heavy atom. The van der Waals surface area contributed by atoms with Crippen LogP contribution in [0.4, 0.5) is 13.2 Å². The van der Waals surface area contributed by atoms with Gasteiger partial charge in [-0.2, -0.15) is 25.8 Å². The average Bonchev–Trinajstić information content (AvgIpc) is 2.99. The second-order valence-corrected chi connectivity index (χ2v) is 6.22. The molecule has 20 heavy (non-hydrogen) atoms. The summed E-state index contributed by atoms with van der Waals surface area (Å²) in [6.07, 6.45) is -2.37. The lowest BCUT2D eigenvalue weighted by Gasteiger charge is -2.20. The van der Waals surface area contributed by atoms with Gasteiger partial charge in [-0.25, -0.2) is 4.98 Å². The van der Waals surface area contributed by atoms with Crippen molar-refractivity contribution < 1.29 is 13.2 Å². The van der Waals surface area contributed by atoms with Gasteiger partial charge in [-0.1, -0.05) is 6.07 Å². The van der Waals surface area contributed by atoms with Crippen LogP contribution in [0.2, 0.25) is 0 Å². The normalized spacial score (nSPS) is 29.5. The number of hydrogen-bond donors (Lipinski definition) is 1. The minimum absolute atomic E-state index is 0.127. The summed E-state index contributed by atoms with van der Waals surface area (Å²) in [6, 6.07) is 4.27. The van der Waals surface area contributed by atoms with Crippen LogP contribution in [0, 0.1) is 5.92 Å². The highest BCUT2D eigenvalue weighted by Crippen LogP contribution is 2.58. The third kappa shape index (κ3) is 2.44. The number of pyridine rings is 1. The fraction of sp³-hybridized carbons (Fsp3) is 0.643. The molecule has 0 bridgehead atoms. The molecule has 2 nitrogen and oxygen atoms in total. The van der Waals surface area contributed by atoms with Crippen molar-refractivity contribution >= 4 is 12.6 Å². The quantitative estimate of drug-likeness (QED) is 0.861. The zero-order valence-electron chi connectivity index (χ0n) is 11.0. The Kier molecular flexibility index (Phi) is 3.49. The molecule has 2 atom stereocenters. The highest BCUT2D eigenvalue weighted by Gasteiger charge is 2.61. The van der Waals surface area contributed by atoms with Crippen molar-refractivity contribution in [1.82, 2.24) is 9.88 Å². The number of aromatic nitrogens is 1. The van der Waals surface area contributed by atoms with E-state index >= 15 is 0 Å². The molecule has 2 fully saturated rings. The standard InChI is InChI=1S/C14H17F3N2S/c15-14(16,17)12-4-1-3-11(18-12)13-7-10(13)8-19(9-13)5-2-6-20/h1,3-4,10,20H,2,5-9H2/t10-,13-/m1/s1. The summed E-state index contributed by atoms with van der Waals surface area (Å²) >= 11 is 4.20. The molecule has 0 unspecified atom stereocenters. The Balaban J connectivity index is 1.78. The van der Waals surface area contributed by atoms with Gasteiger partial charge in [0.25, 0.3) is 0 Å². The molecule has 2 aliphatic rings. The molecule has 1 saturated carbocycles. The minimum Gasteiger partial charge on any atom is -0.302 e. The second-order valence-electron chi connectivity index (χ2n) is 5.78. The largest absolute Gasteiger partial charge is 0.433 e. The van der Waals surface area contributed by atoms with E-state index < -0.39 is 11.9 Å². The fourth-order valence-electron chi connectivity index (χ4n) is 3.32. The average molecular weight is 302 g/mol. The van der Waals surface area contributed by atoms with Crippen molar-refractivity contribution in [2.75, 3.05) is 25.4 Å². The van der Waals surface area contributed by atoms with Crippen molar-refractivity contribution in [1.29, 1.82) is 0 Å². The molecule has 0 spiro atoms. The van der Waals surface area contributed by atoms with E-state index in [1.54, 1.807) is 6.07 Å². The van der Waals surface area contributed by atoms with Gasteiger partial charge in [-0.3, -0.25) is 0 Å². The van der Waals surface area contributed by atoms with E-state index in [0.29, 0.717) is 11.6 Å². The number of thiol groups is 1. The number of fused-ring (bicyclic) bond motifs is 1. The van der Waals surface area contributed by atoms with Crippen molar-refractivity contribution in [3.8, 4) is 0 Å². The first-order valence-corrected chi connectivity index (χ1v) is 7.47. The van der Waals surface area contributed by atoms with Crippen LogP contribution in [0.5, 0.6) is 0 Å². The maximum Gasteiger partial charge on any atom is 0.433 e. The van der Waals surface area contributed by atoms with E-state index in [2.05, 4.69) is 22.5 Å². The topological polar surface area (TPSA) is 16.1 Å². The molecule has 3 rings (SSSR count). The summed E-state index contributed by atoms with van der Waals surface area (Å²) in [5.41, 5.74) is -0.285. The molecule has 1 aliphatic carbocycles. The summed E-state index contributed by atoms with van der Waals surface area (Å²) in [5, 5.41) is 0. The molecule has 2 heterocycles. The lowest BCUT2D eigenvalue weighted by atomic mass is 10.0. The van der Waals surface area contributed by atoms with E-state index in [0.717, 1.165) is 44.3 Å². The van der Waals surface area contributed by atoms with Crippen LogP contribution in [0.1, 0.15) is 24.2 Å². The third-order valence-electron chi connectivity index (χ3n) is 4.40. The number of halogens is 3. The van der Waals surface area contributed by atoms with Crippen LogP contribution in [-0.2, 0) is 11.6 Å². The molecular weight excluding hydrogens is 285 g/mol. The molecule has 1 saturated heterocycles. The van der Waals surface area contributed by atoms with Gasteiger partial charge in [-0.05, 0) is 43.2 Å². The number of nitrogens with zero attached hydrogens (tertiary/aromatic N) is 2. The van der Waals surface area contributed by atoms with Gasteiger partial charge in [0.2, 0.25) is 0 Å². The van der Waals surface area contributed by atoms with Gasteiger partial charge in [-0.15, -0.1) is 0 Å². The number of alkyl halides is 3. The van der Waals surface area contributed by atoms with Gasteiger partial charge in [0.05, 0.1) is 0 Å². The Morgan fingerprint density at radius 1 is 1.40 bits per heavy atom. The Hall–Kier alpha value is -0.750. The minimum atomic E-state index is -4.36. The van der Waals surface area contributed by atoms with Gasteiger partial charge in [0.1, 0.15) is 5.69 Å². The monoisotopic (exact) mass is 302 g/mol. The molecule has 0 aromatic carbocycles. The molecule has 6 heteroatoms. The maximum absolute atomic E-state index is 12.8. The van der Waals surface area contributed by atoms with Crippen LogP contribution in [0.3, 0.4) is 0 Å². The van der Waals surface area contributed by atoms with Crippen LogP contribution < -0.4 is 0 Å². The van der Waals surface area contributed by atoms with Crippen molar-refractivity contribution in [2.24, 2.45) is 5.92 Å². The Morgan fingerprint density at radius 2 is 2.20 bits per heavy atom. The van der Waals surface area contributed by atoms with Gasteiger partial charge >= 0.3 is 6.18 Å². The van der Waals surface area contributed by atoms with Gasteiger partial charge in [0, 0.05) is 24.2 Å². The van der Waals surface area contributed by atoms with Gasteiger partial charge < -0.3 is 4.90 Å². The zero-order chi connectivity index (χ0) is 14.4. The van der Waals surface area contributed by atoms with Crippen molar-refractivity contribution in [3.05, 3.63) is 29.6 Å². The van der Waals surface area contributed by atoms with E-state index in [4.69, 9.17) is 0 Å². The lowest BCUT2D eigenvalue weighted by molar-refractivity contribution is -0.141. The van der Waals surface area contributed by atoms with Crippen molar-refractivity contribution in [3.63, 3.8) is 0 Å². The van der Waals surface area contributed by atoms with Crippen LogP contribution >= 0.6 is 12.6 Å². The molecule has 1 aliphatic heterocycles. The first-order chi connectivity index (χ1) is 9.45. The number of likely N-dealkylation sites (tertiary alicyclic amines) is 1. The molecule has 0 radical (unpaired) electrons. The molecule has 1 aromatic heterocycles. The smallest absolute Gasteiger partial charge is 0.302 e. The highest BCUT2D eigenvalue weighted by molar-refractivity contribution is 7.80. The van der Waals surface area contributed by atoms with E-state index in [-0.39, 0.29) is 5.41 Å².